The van der Waals surface area contributed by atoms with Crippen molar-refractivity contribution < 1.29 is 4.79 Å². The molecule has 2 fully saturated rings. The standard InChI is InChI=1S/C38H46N2O/c1-27-9-8-14-32(21-27)35(24-34(41)22-28-15-18-33(39)19-16-28)37-26-40(25-29-10-4-2-5-11-29)38-20-17-31(23-36(37)38)30-12-6-3-7-13-30/h3,6-9,12-14,17,20-21,23,26,28-29,33,35H,2,4-5,10-11,15-16,18-19,22,24-25,39H2,1H3. The lowest BCUT2D eigenvalue weighted by molar-refractivity contribution is -0.120. The zero-order chi connectivity index (χ0) is 28.2. The van der Waals surface area contributed by atoms with Gasteiger partial charge in [-0.25, -0.2) is 0 Å². The fraction of sp³-hybridized carbons (Fsp3) is 0.447. The van der Waals surface area contributed by atoms with Gasteiger partial charge in [0.1, 0.15) is 5.78 Å². The van der Waals surface area contributed by atoms with Gasteiger partial charge >= 0.3 is 0 Å². The van der Waals surface area contributed by atoms with Gasteiger partial charge in [-0.1, -0.05) is 85.5 Å². The molecule has 0 saturated heterocycles. The summed E-state index contributed by atoms with van der Waals surface area (Å²) in [6.45, 7) is 3.23. The lowest BCUT2D eigenvalue weighted by atomic mass is 9.80. The van der Waals surface area contributed by atoms with Gasteiger partial charge in [0.05, 0.1) is 0 Å². The first-order valence-corrected chi connectivity index (χ1v) is 16.1. The van der Waals surface area contributed by atoms with Crippen LogP contribution >= 0.6 is 0 Å². The maximum Gasteiger partial charge on any atom is 0.134 e. The molecule has 3 heteroatoms. The van der Waals surface area contributed by atoms with Crippen molar-refractivity contribution in [3.05, 3.63) is 95.7 Å². The number of carbonyl (C=O) groups is 1. The number of nitrogens with zero attached hydrogens (tertiary/aromatic N) is 1. The third-order valence-electron chi connectivity index (χ3n) is 9.86. The van der Waals surface area contributed by atoms with E-state index in [4.69, 9.17) is 5.73 Å². The van der Waals surface area contributed by atoms with Gasteiger partial charge in [-0.3, -0.25) is 4.79 Å². The van der Waals surface area contributed by atoms with Crippen LogP contribution in [-0.4, -0.2) is 16.4 Å². The van der Waals surface area contributed by atoms with Gasteiger partial charge in [0.25, 0.3) is 0 Å². The van der Waals surface area contributed by atoms with E-state index in [9.17, 15) is 4.79 Å². The Labute approximate surface area is 246 Å². The van der Waals surface area contributed by atoms with Crippen molar-refractivity contribution in [1.29, 1.82) is 0 Å². The summed E-state index contributed by atoms with van der Waals surface area (Å²) in [7, 11) is 0. The van der Waals surface area contributed by atoms with Gasteiger partial charge in [0.2, 0.25) is 0 Å². The average Bonchev–Trinajstić information content (AvgIpc) is 3.35. The van der Waals surface area contributed by atoms with Crippen LogP contribution in [0.2, 0.25) is 0 Å². The minimum Gasteiger partial charge on any atom is -0.347 e. The Morgan fingerprint density at radius 2 is 1.61 bits per heavy atom. The van der Waals surface area contributed by atoms with Crippen LogP contribution in [0.25, 0.3) is 22.0 Å². The Balaban J connectivity index is 1.40. The minimum absolute atomic E-state index is 0.0503. The number of benzene rings is 3. The van der Waals surface area contributed by atoms with Crippen molar-refractivity contribution in [1.82, 2.24) is 4.57 Å². The fourth-order valence-electron chi connectivity index (χ4n) is 7.53. The van der Waals surface area contributed by atoms with Crippen LogP contribution in [-0.2, 0) is 11.3 Å². The van der Waals surface area contributed by atoms with E-state index in [1.807, 2.05) is 0 Å². The number of Topliss-reactive ketones (excluding diaryl/α,β-unsaturated/α-hetero) is 1. The highest BCUT2D eigenvalue weighted by molar-refractivity contribution is 5.90. The zero-order valence-electron chi connectivity index (χ0n) is 24.7. The summed E-state index contributed by atoms with van der Waals surface area (Å²) >= 11 is 0. The van der Waals surface area contributed by atoms with Gasteiger partial charge in [0, 0.05) is 48.4 Å². The first kappa shape index (κ1) is 28.0. The number of nitrogens with two attached hydrogens (primary N) is 1. The monoisotopic (exact) mass is 546 g/mol. The molecule has 2 aliphatic rings. The Morgan fingerprint density at radius 3 is 2.37 bits per heavy atom. The van der Waals surface area contributed by atoms with E-state index in [0.29, 0.717) is 30.6 Å². The molecule has 3 nitrogen and oxygen atoms in total. The first-order chi connectivity index (χ1) is 20.0. The Kier molecular flexibility index (Phi) is 8.72. The molecule has 1 unspecified atom stereocenters. The van der Waals surface area contributed by atoms with E-state index >= 15 is 0 Å². The summed E-state index contributed by atoms with van der Waals surface area (Å²) in [6.07, 6.45) is 14.6. The normalized spacial score (nSPS) is 20.7. The third-order valence-corrected chi connectivity index (χ3v) is 9.86. The highest BCUT2D eigenvalue weighted by Gasteiger charge is 2.27. The minimum atomic E-state index is 0.0503. The van der Waals surface area contributed by atoms with E-state index in [0.717, 1.165) is 38.1 Å². The number of hydrogen-bond donors (Lipinski definition) is 1. The largest absolute Gasteiger partial charge is 0.347 e. The molecule has 0 spiro atoms. The van der Waals surface area contributed by atoms with E-state index in [-0.39, 0.29) is 5.92 Å². The number of ketones is 1. The van der Waals surface area contributed by atoms with E-state index in [1.54, 1.807) is 0 Å². The number of aromatic nitrogens is 1. The molecule has 6 rings (SSSR count). The number of fused-ring (bicyclic) bond motifs is 1. The SMILES string of the molecule is Cc1cccc(C(CC(=O)CC2CCC(N)CC2)c2cn(CC3CCCCC3)c3ccc(-c4ccccc4)cc23)c1. The number of aryl methyl sites for hydroxylation is 1. The maximum absolute atomic E-state index is 13.7. The van der Waals surface area contributed by atoms with Crippen molar-refractivity contribution in [3.63, 3.8) is 0 Å². The second-order valence-electron chi connectivity index (χ2n) is 13.0. The smallest absolute Gasteiger partial charge is 0.134 e. The number of hydrogen-bond acceptors (Lipinski definition) is 2. The molecular formula is C38H46N2O. The Morgan fingerprint density at radius 1 is 0.829 bits per heavy atom. The van der Waals surface area contributed by atoms with E-state index in [2.05, 4.69) is 90.5 Å². The fourth-order valence-corrected chi connectivity index (χ4v) is 7.53. The molecule has 2 N–H and O–H groups in total. The second-order valence-corrected chi connectivity index (χ2v) is 13.0. The predicted molar refractivity (Wildman–Crippen MR) is 171 cm³/mol. The molecular weight excluding hydrogens is 500 g/mol. The first-order valence-electron chi connectivity index (χ1n) is 16.1. The van der Waals surface area contributed by atoms with Crippen LogP contribution in [0.4, 0.5) is 0 Å². The summed E-state index contributed by atoms with van der Waals surface area (Å²) in [5, 5.41) is 1.30. The molecule has 4 aromatic rings. The topological polar surface area (TPSA) is 48.0 Å². The molecule has 2 aliphatic carbocycles. The highest BCUT2D eigenvalue weighted by atomic mass is 16.1. The third kappa shape index (κ3) is 6.67. The van der Waals surface area contributed by atoms with Crippen LogP contribution in [0.5, 0.6) is 0 Å². The van der Waals surface area contributed by atoms with Crippen molar-refractivity contribution in [3.8, 4) is 11.1 Å². The van der Waals surface area contributed by atoms with Crippen LogP contribution in [0.15, 0.2) is 79.0 Å². The van der Waals surface area contributed by atoms with Crippen molar-refractivity contribution >= 4 is 16.7 Å². The lowest BCUT2D eigenvalue weighted by Crippen LogP contribution is -2.27. The zero-order valence-corrected chi connectivity index (χ0v) is 24.7. The van der Waals surface area contributed by atoms with Crippen LogP contribution in [0.1, 0.15) is 93.2 Å². The van der Waals surface area contributed by atoms with Crippen LogP contribution in [0, 0.1) is 18.8 Å². The summed E-state index contributed by atoms with van der Waals surface area (Å²) in [4.78, 5) is 13.7. The van der Waals surface area contributed by atoms with Gasteiger partial charge in [-0.05, 0) is 91.7 Å². The van der Waals surface area contributed by atoms with Crippen LogP contribution < -0.4 is 5.73 Å². The predicted octanol–water partition coefficient (Wildman–Crippen LogP) is 9.20. The van der Waals surface area contributed by atoms with Crippen LogP contribution in [0.3, 0.4) is 0 Å². The summed E-state index contributed by atoms with van der Waals surface area (Å²) in [5.41, 5.74) is 13.7. The van der Waals surface area contributed by atoms with Gasteiger partial charge < -0.3 is 10.3 Å². The molecule has 3 aromatic carbocycles. The van der Waals surface area contributed by atoms with Crippen molar-refractivity contribution in [2.45, 2.75) is 96.1 Å². The molecule has 214 valence electrons. The molecule has 0 amide bonds. The van der Waals surface area contributed by atoms with E-state index in [1.165, 1.54) is 70.8 Å². The molecule has 41 heavy (non-hydrogen) atoms. The highest BCUT2D eigenvalue weighted by Crippen LogP contribution is 2.39. The second kappa shape index (κ2) is 12.8. The average molecular weight is 547 g/mol. The van der Waals surface area contributed by atoms with Gasteiger partial charge in [-0.2, -0.15) is 0 Å². The Bertz CT molecular complexity index is 1450. The molecule has 0 radical (unpaired) electrons. The number of carbonyl (C=O) groups excluding carboxylic acids is 1. The van der Waals surface area contributed by atoms with Gasteiger partial charge in [-0.15, -0.1) is 0 Å². The summed E-state index contributed by atoms with van der Waals surface area (Å²) in [6, 6.07) is 26.8. The molecule has 0 aliphatic heterocycles. The van der Waals surface area contributed by atoms with E-state index < -0.39 is 0 Å². The van der Waals surface area contributed by atoms with Gasteiger partial charge in [0.15, 0.2) is 0 Å². The van der Waals surface area contributed by atoms with Crippen molar-refractivity contribution in [2.24, 2.45) is 17.6 Å². The van der Waals surface area contributed by atoms with Crippen molar-refractivity contribution in [2.75, 3.05) is 0 Å². The number of rotatable bonds is 9. The molecule has 2 saturated carbocycles. The molecule has 1 heterocycles. The summed E-state index contributed by atoms with van der Waals surface area (Å²) in [5.74, 6) is 1.66. The molecule has 1 aromatic heterocycles. The summed E-state index contributed by atoms with van der Waals surface area (Å²) < 4.78 is 2.52. The quantitative estimate of drug-likeness (QED) is 0.227. The maximum atomic E-state index is 13.7. The Hall–Kier alpha value is -3.17. The molecule has 0 bridgehead atoms. The molecule has 1 atom stereocenters. The lowest BCUT2D eigenvalue weighted by Gasteiger charge is -2.26.